The van der Waals surface area contributed by atoms with Gasteiger partial charge in [-0.05, 0) is 23.3 Å². The molecule has 0 saturated carbocycles. The Balaban J connectivity index is 2.80. The molecule has 1 rings (SSSR count). The van der Waals surface area contributed by atoms with Crippen molar-refractivity contribution in [2.75, 3.05) is 46.6 Å². The van der Waals surface area contributed by atoms with Gasteiger partial charge >= 0.3 is 0 Å². The van der Waals surface area contributed by atoms with Crippen LogP contribution in [0, 0.1) is 0 Å². The van der Waals surface area contributed by atoms with E-state index in [9.17, 15) is 0 Å². The van der Waals surface area contributed by atoms with E-state index < -0.39 is 0 Å². The van der Waals surface area contributed by atoms with Crippen LogP contribution in [0.5, 0.6) is 0 Å². The number of hydrogen-bond acceptors (Lipinski definition) is 6. The predicted octanol–water partition coefficient (Wildman–Crippen LogP) is 2.39. The lowest BCUT2D eigenvalue weighted by Gasteiger charge is -2.31. The van der Waals surface area contributed by atoms with Crippen LogP contribution in [-0.2, 0) is 18.9 Å². The smallest absolute Gasteiger partial charge is 0.117 e. The maximum atomic E-state index is 5.66. The lowest BCUT2D eigenvalue weighted by molar-refractivity contribution is -0.111. The van der Waals surface area contributed by atoms with E-state index in [1.54, 1.807) is 28.4 Å². The molecular formula is C13H24O4S2. The molecule has 1 aliphatic rings. The Morgan fingerprint density at radius 2 is 1.89 bits per heavy atom. The number of thioether (sulfide) groups is 2. The number of hydrogen-bond donors (Lipinski definition) is 0. The van der Waals surface area contributed by atoms with Crippen molar-refractivity contribution >= 4 is 23.5 Å². The van der Waals surface area contributed by atoms with E-state index in [-0.39, 0.29) is 18.3 Å². The molecule has 0 amide bonds. The van der Waals surface area contributed by atoms with Gasteiger partial charge in [0.05, 0.1) is 6.61 Å². The SMILES string of the molecule is COC[C@H](OC)[C@@H](OC)[C@H](OC)C1=CSCCCS1. The molecule has 0 aliphatic carbocycles. The minimum atomic E-state index is -0.174. The normalized spacial score (nSPS) is 21.4. The zero-order chi connectivity index (χ0) is 14.1. The fourth-order valence-corrected chi connectivity index (χ4v) is 4.31. The third-order valence-electron chi connectivity index (χ3n) is 2.98. The van der Waals surface area contributed by atoms with E-state index in [4.69, 9.17) is 18.9 Å². The van der Waals surface area contributed by atoms with Gasteiger partial charge in [0.2, 0.25) is 0 Å². The van der Waals surface area contributed by atoms with Gasteiger partial charge in [0.1, 0.15) is 18.3 Å². The van der Waals surface area contributed by atoms with Gasteiger partial charge in [-0.15, -0.1) is 23.5 Å². The van der Waals surface area contributed by atoms with Crippen LogP contribution in [0.1, 0.15) is 6.42 Å². The van der Waals surface area contributed by atoms with E-state index >= 15 is 0 Å². The summed E-state index contributed by atoms with van der Waals surface area (Å²) >= 11 is 3.68. The molecule has 0 aromatic rings. The van der Waals surface area contributed by atoms with Crippen molar-refractivity contribution in [1.29, 1.82) is 0 Å². The molecule has 112 valence electrons. The predicted molar refractivity (Wildman–Crippen MR) is 81.9 cm³/mol. The van der Waals surface area contributed by atoms with E-state index in [0.29, 0.717) is 6.61 Å². The van der Waals surface area contributed by atoms with Gasteiger partial charge in [0.25, 0.3) is 0 Å². The van der Waals surface area contributed by atoms with Crippen molar-refractivity contribution < 1.29 is 18.9 Å². The van der Waals surface area contributed by atoms with E-state index in [1.807, 2.05) is 23.5 Å². The second-order valence-corrected chi connectivity index (χ2v) is 6.32. The molecule has 1 aliphatic heterocycles. The van der Waals surface area contributed by atoms with Crippen molar-refractivity contribution in [3.05, 3.63) is 10.3 Å². The zero-order valence-electron chi connectivity index (χ0n) is 12.1. The van der Waals surface area contributed by atoms with E-state index in [1.165, 1.54) is 11.3 Å². The average Bonchev–Trinajstić information content (AvgIpc) is 2.71. The highest BCUT2D eigenvalue weighted by molar-refractivity contribution is 8.06. The first-order valence-electron chi connectivity index (χ1n) is 6.30. The summed E-state index contributed by atoms with van der Waals surface area (Å²) in [6.45, 7) is 0.486. The van der Waals surface area contributed by atoms with Gasteiger partial charge in [0.15, 0.2) is 0 Å². The lowest BCUT2D eigenvalue weighted by Crippen LogP contribution is -2.44. The van der Waals surface area contributed by atoms with Gasteiger partial charge in [-0.25, -0.2) is 0 Å². The fourth-order valence-electron chi connectivity index (χ4n) is 2.00. The highest BCUT2D eigenvalue weighted by Gasteiger charge is 2.33. The molecule has 0 N–H and O–H groups in total. The van der Waals surface area contributed by atoms with Gasteiger partial charge < -0.3 is 18.9 Å². The first-order chi connectivity index (χ1) is 9.28. The van der Waals surface area contributed by atoms with Crippen LogP contribution in [-0.4, -0.2) is 64.9 Å². The molecule has 0 radical (unpaired) electrons. The third-order valence-corrected chi connectivity index (χ3v) is 5.25. The topological polar surface area (TPSA) is 36.9 Å². The van der Waals surface area contributed by atoms with Crippen LogP contribution in [0.15, 0.2) is 10.3 Å². The molecule has 6 heteroatoms. The first-order valence-corrected chi connectivity index (χ1v) is 8.33. The van der Waals surface area contributed by atoms with E-state index in [0.717, 1.165) is 11.5 Å². The maximum absolute atomic E-state index is 5.66. The Morgan fingerprint density at radius 3 is 2.47 bits per heavy atom. The first kappa shape index (κ1) is 17.3. The maximum Gasteiger partial charge on any atom is 0.117 e. The van der Waals surface area contributed by atoms with Crippen molar-refractivity contribution in [2.45, 2.75) is 24.7 Å². The number of ether oxygens (including phenoxy) is 4. The molecular weight excluding hydrogens is 284 g/mol. The molecule has 0 aromatic heterocycles. The van der Waals surface area contributed by atoms with Crippen LogP contribution in [0.3, 0.4) is 0 Å². The number of methoxy groups -OCH3 is 4. The molecule has 0 saturated heterocycles. The van der Waals surface area contributed by atoms with Crippen molar-refractivity contribution in [1.82, 2.24) is 0 Å². The van der Waals surface area contributed by atoms with Gasteiger partial charge in [-0.2, -0.15) is 0 Å². The molecule has 1 heterocycles. The Bertz CT molecular complexity index is 273. The van der Waals surface area contributed by atoms with Crippen LogP contribution in [0.25, 0.3) is 0 Å². The Labute approximate surface area is 124 Å². The molecule has 4 nitrogen and oxygen atoms in total. The summed E-state index contributed by atoms with van der Waals surface area (Å²) in [4.78, 5) is 1.22. The molecule has 19 heavy (non-hydrogen) atoms. The quantitative estimate of drug-likeness (QED) is 0.685. The van der Waals surface area contributed by atoms with Crippen LogP contribution < -0.4 is 0 Å². The largest absolute Gasteiger partial charge is 0.382 e. The van der Waals surface area contributed by atoms with Gasteiger partial charge in [-0.1, -0.05) is 0 Å². The highest BCUT2D eigenvalue weighted by Crippen LogP contribution is 2.32. The zero-order valence-corrected chi connectivity index (χ0v) is 13.7. The van der Waals surface area contributed by atoms with Gasteiger partial charge in [-0.3, -0.25) is 0 Å². The monoisotopic (exact) mass is 308 g/mol. The number of rotatable bonds is 8. The summed E-state index contributed by atoms with van der Waals surface area (Å²) < 4.78 is 21.9. The van der Waals surface area contributed by atoms with Crippen molar-refractivity contribution in [2.24, 2.45) is 0 Å². The van der Waals surface area contributed by atoms with Crippen LogP contribution in [0.2, 0.25) is 0 Å². The summed E-state index contributed by atoms with van der Waals surface area (Å²) in [6, 6.07) is 0. The minimum Gasteiger partial charge on any atom is -0.382 e. The van der Waals surface area contributed by atoms with Crippen molar-refractivity contribution in [3.8, 4) is 0 Å². The lowest BCUT2D eigenvalue weighted by atomic mass is 10.1. The summed E-state index contributed by atoms with van der Waals surface area (Å²) in [5.41, 5.74) is 0. The Kier molecular flexibility index (Phi) is 9.19. The Morgan fingerprint density at radius 1 is 1.11 bits per heavy atom. The summed E-state index contributed by atoms with van der Waals surface area (Å²) in [6.07, 6.45) is 0.789. The molecule has 3 atom stereocenters. The highest BCUT2D eigenvalue weighted by atomic mass is 32.2. The summed E-state index contributed by atoms with van der Waals surface area (Å²) in [5.74, 6) is 2.29. The second-order valence-electron chi connectivity index (χ2n) is 4.18. The molecule has 0 aromatic carbocycles. The summed E-state index contributed by atoms with van der Waals surface area (Å²) in [5, 5.41) is 2.19. The molecule has 0 bridgehead atoms. The minimum absolute atomic E-state index is 0.110. The van der Waals surface area contributed by atoms with Crippen LogP contribution in [0.4, 0.5) is 0 Å². The van der Waals surface area contributed by atoms with Gasteiger partial charge in [0, 0.05) is 33.3 Å². The van der Waals surface area contributed by atoms with E-state index in [2.05, 4.69) is 5.41 Å². The average molecular weight is 308 g/mol. The third kappa shape index (κ3) is 5.28. The standard InChI is InChI=1S/C13H24O4S2/c1-14-8-10(15-2)12(16-3)13(17-4)11-9-18-6-5-7-19-11/h9-10,12-13H,5-8H2,1-4H3/t10-,12+,13+/m0/s1. The fraction of sp³-hybridized carbons (Fsp3) is 0.846. The molecule has 0 fully saturated rings. The second kappa shape index (κ2) is 10.1. The summed E-state index contributed by atoms with van der Waals surface area (Å²) in [7, 11) is 6.74. The molecule has 0 unspecified atom stereocenters. The van der Waals surface area contributed by atoms with Crippen LogP contribution >= 0.6 is 23.5 Å². The van der Waals surface area contributed by atoms with Crippen molar-refractivity contribution in [3.63, 3.8) is 0 Å². The Hall–Kier alpha value is 0.280. The molecule has 0 spiro atoms.